The zero-order valence-corrected chi connectivity index (χ0v) is 14.3. The zero-order chi connectivity index (χ0) is 16.3. The lowest BCUT2D eigenvalue weighted by Gasteiger charge is -1.96. The highest BCUT2D eigenvalue weighted by Gasteiger charge is 1.95. The molecule has 0 amide bonds. The van der Waals surface area contributed by atoms with Crippen LogP contribution in [0.1, 0.15) is 84.0 Å². The van der Waals surface area contributed by atoms with Crippen molar-refractivity contribution >= 4 is 5.97 Å². The average molecular weight is 306 g/mol. The monoisotopic (exact) mass is 306 g/mol. The van der Waals surface area contributed by atoms with E-state index in [2.05, 4.69) is 43.4 Å². The second-order valence-electron chi connectivity index (χ2n) is 5.73. The molecule has 0 bridgehead atoms. The van der Waals surface area contributed by atoms with E-state index in [0.717, 1.165) is 38.5 Å². The minimum absolute atomic E-state index is 0.313. The van der Waals surface area contributed by atoms with E-state index in [9.17, 15) is 4.79 Å². The first-order chi connectivity index (χ1) is 10.8. The fourth-order valence-corrected chi connectivity index (χ4v) is 2.18. The highest BCUT2D eigenvalue weighted by molar-refractivity contribution is 5.66. The summed E-state index contributed by atoms with van der Waals surface area (Å²) >= 11 is 0. The van der Waals surface area contributed by atoms with Crippen molar-refractivity contribution in [3.63, 3.8) is 0 Å². The summed E-state index contributed by atoms with van der Waals surface area (Å²) in [6, 6.07) is 0. The van der Waals surface area contributed by atoms with Crippen LogP contribution in [-0.2, 0) is 4.79 Å². The fourth-order valence-electron chi connectivity index (χ4n) is 2.18. The van der Waals surface area contributed by atoms with Gasteiger partial charge in [-0.2, -0.15) is 0 Å². The van der Waals surface area contributed by atoms with Gasteiger partial charge in [0, 0.05) is 6.42 Å². The molecule has 0 aromatic heterocycles. The van der Waals surface area contributed by atoms with E-state index in [-0.39, 0.29) is 0 Å². The number of aliphatic carboxylic acids is 1. The zero-order valence-electron chi connectivity index (χ0n) is 14.3. The highest BCUT2D eigenvalue weighted by atomic mass is 16.4. The van der Waals surface area contributed by atoms with Gasteiger partial charge < -0.3 is 5.11 Å². The molecule has 126 valence electrons. The van der Waals surface area contributed by atoms with Crippen LogP contribution in [0, 0.1) is 0 Å². The van der Waals surface area contributed by atoms with Crippen LogP contribution in [0.25, 0.3) is 0 Å². The Labute approximate surface area is 137 Å². The predicted molar refractivity (Wildman–Crippen MR) is 96.1 cm³/mol. The van der Waals surface area contributed by atoms with Crippen LogP contribution in [0.15, 0.2) is 36.5 Å². The largest absolute Gasteiger partial charge is 0.481 e. The van der Waals surface area contributed by atoms with Gasteiger partial charge >= 0.3 is 5.97 Å². The number of carboxylic acid groups (broad SMARTS) is 1. The molecule has 0 atom stereocenters. The standard InChI is InChI=1S/C20H34O2/c1-2-3-4-5-6-7-8-9-10-11-12-13-14-15-16-17-18-19-20(21)22/h6-7,9-10,12-13H,2-5,8,11,14-19H2,1H3,(H,21,22)/b7-6+,10-9+,13-12-. The van der Waals surface area contributed by atoms with E-state index in [0.29, 0.717) is 6.42 Å². The molecule has 0 saturated carbocycles. The van der Waals surface area contributed by atoms with Gasteiger partial charge in [-0.3, -0.25) is 4.79 Å². The second-order valence-corrected chi connectivity index (χ2v) is 5.73. The summed E-state index contributed by atoms with van der Waals surface area (Å²) < 4.78 is 0. The third-order valence-corrected chi connectivity index (χ3v) is 3.53. The van der Waals surface area contributed by atoms with Crippen molar-refractivity contribution in [2.24, 2.45) is 0 Å². The Kier molecular flexibility index (Phi) is 16.7. The van der Waals surface area contributed by atoms with Gasteiger partial charge in [-0.15, -0.1) is 0 Å². The molecule has 0 aliphatic carbocycles. The van der Waals surface area contributed by atoms with E-state index in [4.69, 9.17) is 5.11 Å². The lowest BCUT2D eigenvalue weighted by Crippen LogP contribution is -1.93. The van der Waals surface area contributed by atoms with Crippen molar-refractivity contribution in [2.45, 2.75) is 84.0 Å². The van der Waals surface area contributed by atoms with Crippen LogP contribution >= 0.6 is 0 Å². The van der Waals surface area contributed by atoms with Crippen molar-refractivity contribution in [2.75, 3.05) is 0 Å². The van der Waals surface area contributed by atoms with Crippen molar-refractivity contribution in [3.05, 3.63) is 36.5 Å². The summed E-state index contributed by atoms with van der Waals surface area (Å²) in [7, 11) is 0. The number of carbonyl (C=O) groups is 1. The summed E-state index contributed by atoms with van der Waals surface area (Å²) in [5.74, 6) is -0.678. The Morgan fingerprint density at radius 1 is 0.727 bits per heavy atom. The summed E-state index contributed by atoms with van der Waals surface area (Å²) in [4.78, 5) is 10.3. The Morgan fingerprint density at radius 2 is 1.23 bits per heavy atom. The number of carboxylic acids is 1. The first kappa shape index (κ1) is 20.7. The molecule has 0 spiro atoms. The van der Waals surface area contributed by atoms with Gasteiger partial charge in [0.25, 0.3) is 0 Å². The molecule has 0 rings (SSSR count). The quantitative estimate of drug-likeness (QED) is 0.279. The molecule has 0 aromatic carbocycles. The molecule has 0 aromatic rings. The normalized spacial score (nSPS) is 12.0. The van der Waals surface area contributed by atoms with E-state index in [1.807, 2.05) is 0 Å². The minimum Gasteiger partial charge on any atom is -0.481 e. The first-order valence-electron chi connectivity index (χ1n) is 8.94. The topological polar surface area (TPSA) is 37.3 Å². The van der Waals surface area contributed by atoms with Crippen molar-refractivity contribution < 1.29 is 9.90 Å². The van der Waals surface area contributed by atoms with E-state index >= 15 is 0 Å². The van der Waals surface area contributed by atoms with Crippen LogP contribution < -0.4 is 0 Å². The fraction of sp³-hybridized carbons (Fsp3) is 0.650. The SMILES string of the molecule is CCCCC/C=C/C/C=C/C/C=C\CCCCCCC(=O)O. The van der Waals surface area contributed by atoms with Crippen molar-refractivity contribution in [3.8, 4) is 0 Å². The van der Waals surface area contributed by atoms with Gasteiger partial charge in [0.15, 0.2) is 0 Å². The predicted octanol–water partition coefficient (Wildman–Crippen LogP) is 6.44. The summed E-state index contributed by atoms with van der Waals surface area (Å²) in [5.41, 5.74) is 0. The number of hydrogen-bond donors (Lipinski definition) is 1. The molecular weight excluding hydrogens is 272 g/mol. The summed E-state index contributed by atoms with van der Waals surface area (Å²) in [6.45, 7) is 2.24. The molecule has 0 saturated heterocycles. The molecule has 0 aliphatic heterocycles. The molecule has 0 fully saturated rings. The van der Waals surface area contributed by atoms with Gasteiger partial charge in [0.05, 0.1) is 0 Å². The van der Waals surface area contributed by atoms with Crippen LogP contribution in [0.4, 0.5) is 0 Å². The van der Waals surface area contributed by atoms with E-state index in [1.165, 1.54) is 32.1 Å². The van der Waals surface area contributed by atoms with Crippen LogP contribution in [0.5, 0.6) is 0 Å². The first-order valence-corrected chi connectivity index (χ1v) is 8.94. The number of unbranched alkanes of at least 4 members (excludes halogenated alkanes) is 7. The van der Waals surface area contributed by atoms with Crippen molar-refractivity contribution in [1.82, 2.24) is 0 Å². The number of allylic oxidation sites excluding steroid dienone is 6. The molecule has 22 heavy (non-hydrogen) atoms. The van der Waals surface area contributed by atoms with Gasteiger partial charge in [0.2, 0.25) is 0 Å². The average Bonchev–Trinajstić information content (AvgIpc) is 2.50. The van der Waals surface area contributed by atoms with E-state index < -0.39 is 5.97 Å². The van der Waals surface area contributed by atoms with Crippen LogP contribution in [0.3, 0.4) is 0 Å². The maximum absolute atomic E-state index is 10.3. The molecule has 0 radical (unpaired) electrons. The highest BCUT2D eigenvalue weighted by Crippen LogP contribution is 2.06. The number of hydrogen-bond acceptors (Lipinski definition) is 1. The Balaban J connectivity index is 3.29. The van der Waals surface area contributed by atoms with Crippen molar-refractivity contribution in [1.29, 1.82) is 0 Å². The van der Waals surface area contributed by atoms with Crippen LogP contribution in [0.2, 0.25) is 0 Å². The van der Waals surface area contributed by atoms with E-state index in [1.54, 1.807) is 0 Å². The molecule has 1 N–H and O–H groups in total. The Bertz CT molecular complexity index is 327. The smallest absolute Gasteiger partial charge is 0.303 e. The van der Waals surface area contributed by atoms with Gasteiger partial charge in [-0.1, -0.05) is 69.1 Å². The Morgan fingerprint density at radius 3 is 1.77 bits per heavy atom. The summed E-state index contributed by atoms with van der Waals surface area (Å²) in [6.07, 6.45) is 26.3. The molecule has 0 unspecified atom stereocenters. The third-order valence-electron chi connectivity index (χ3n) is 3.53. The maximum Gasteiger partial charge on any atom is 0.303 e. The third kappa shape index (κ3) is 18.7. The Hall–Kier alpha value is -1.31. The second kappa shape index (κ2) is 17.7. The lowest BCUT2D eigenvalue weighted by atomic mass is 10.1. The van der Waals surface area contributed by atoms with Gasteiger partial charge in [-0.25, -0.2) is 0 Å². The molecule has 2 heteroatoms. The molecule has 2 nitrogen and oxygen atoms in total. The minimum atomic E-state index is -0.678. The molecular formula is C20H34O2. The maximum atomic E-state index is 10.3. The van der Waals surface area contributed by atoms with Gasteiger partial charge in [0.1, 0.15) is 0 Å². The molecule has 0 aliphatic rings. The molecule has 0 heterocycles. The van der Waals surface area contributed by atoms with Gasteiger partial charge in [-0.05, 0) is 44.9 Å². The summed E-state index contributed by atoms with van der Waals surface area (Å²) in [5, 5.41) is 8.52. The van der Waals surface area contributed by atoms with Crippen LogP contribution in [-0.4, -0.2) is 11.1 Å². The number of rotatable bonds is 15. The lowest BCUT2D eigenvalue weighted by molar-refractivity contribution is -0.137.